The molecule has 1 aromatic carbocycles. The number of fused-ring (bicyclic) bond motifs is 4. The summed E-state index contributed by atoms with van der Waals surface area (Å²) in [5, 5.41) is 3.69. The molecule has 2 aliphatic carbocycles. The number of allylic oxidation sites excluding steroid dienone is 2. The van der Waals surface area contributed by atoms with Gasteiger partial charge in [-0.1, -0.05) is 29.8 Å². The summed E-state index contributed by atoms with van der Waals surface area (Å²) in [5.41, 5.74) is 4.81. The molecule has 2 nitrogen and oxygen atoms in total. The van der Waals surface area contributed by atoms with E-state index in [1.165, 1.54) is 75.8 Å². The molecule has 0 aromatic heterocycles. The van der Waals surface area contributed by atoms with Gasteiger partial charge in [0.05, 0.1) is 0 Å². The molecule has 2 heteroatoms. The van der Waals surface area contributed by atoms with Crippen LogP contribution >= 0.6 is 0 Å². The van der Waals surface area contributed by atoms with Crippen LogP contribution in [-0.2, 0) is 5.41 Å². The molecule has 2 heterocycles. The van der Waals surface area contributed by atoms with Gasteiger partial charge in [0.2, 0.25) is 0 Å². The average Bonchev–Trinajstić information content (AvgIpc) is 2.92. The molecule has 1 saturated carbocycles. The predicted octanol–water partition coefficient (Wildman–Crippen LogP) is 5.38. The molecule has 5 rings (SSSR count). The van der Waals surface area contributed by atoms with E-state index in [-0.39, 0.29) is 1.43 Å². The van der Waals surface area contributed by atoms with E-state index in [1.807, 2.05) is 0 Å². The Hall–Kier alpha value is -1.28. The first-order valence-corrected chi connectivity index (χ1v) is 10.9. The Morgan fingerprint density at radius 3 is 2.96 bits per heavy atom. The number of piperidine rings is 1. The third-order valence-corrected chi connectivity index (χ3v) is 7.83. The zero-order valence-corrected chi connectivity index (χ0v) is 16.3. The minimum absolute atomic E-state index is 0. The molecular formula is C24H36N2. The summed E-state index contributed by atoms with van der Waals surface area (Å²) >= 11 is 0. The molecule has 1 spiro atoms. The molecule has 2 aliphatic heterocycles. The number of rotatable bonds is 2. The van der Waals surface area contributed by atoms with Gasteiger partial charge < -0.3 is 10.2 Å². The molecule has 4 aliphatic rings. The van der Waals surface area contributed by atoms with Crippen molar-refractivity contribution in [2.45, 2.75) is 57.3 Å². The van der Waals surface area contributed by atoms with Crippen LogP contribution in [0, 0.1) is 24.7 Å². The van der Waals surface area contributed by atoms with Crippen molar-refractivity contribution in [3.05, 3.63) is 41.5 Å². The number of aryl methyl sites for hydroxylation is 1. The van der Waals surface area contributed by atoms with Crippen molar-refractivity contribution in [2.24, 2.45) is 17.8 Å². The largest absolute Gasteiger partial charge is 0.384 e. The molecule has 3 atom stereocenters. The van der Waals surface area contributed by atoms with Crippen LogP contribution in [-0.4, -0.2) is 31.1 Å². The summed E-state index contributed by atoms with van der Waals surface area (Å²) in [7, 11) is 0. The zero-order valence-electron chi connectivity index (χ0n) is 16.3. The predicted molar refractivity (Wildman–Crippen MR) is 112 cm³/mol. The molecule has 1 saturated heterocycles. The van der Waals surface area contributed by atoms with Gasteiger partial charge in [-0.25, -0.2) is 0 Å². The Bertz CT molecular complexity index is 690. The molecule has 26 heavy (non-hydrogen) atoms. The van der Waals surface area contributed by atoms with E-state index >= 15 is 0 Å². The first-order valence-electron chi connectivity index (χ1n) is 10.9. The normalized spacial score (nSPS) is 32.9. The average molecular weight is 353 g/mol. The first kappa shape index (κ1) is 16.9. The van der Waals surface area contributed by atoms with Crippen LogP contribution in [0.25, 0.3) is 0 Å². The molecule has 2 fully saturated rings. The maximum absolute atomic E-state index is 3.69. The SMILES string of the molecule is Cc1ccc2c(c1)C1(CCN(CC3CCC4CC=CC(C4)C3)CC1)CN2.[HH]. The van der Waals surface area contributed by atoms with E-state index in [0.717, 1.165) is 24.3 Å². The van der Waals surface area contributed by atoms with Gasteiger partial charge >= 0.3 is 0 Å². The van der Waals surface area contributed by atoms with Crippen LogP contribution in [0.4, 0.5) is 5.69 Å². The van der Waals surface area contributed by atoms with Crippen LogP contribution in [0.2, 0.25) is 0 Å². The molecular weight excluding hydrogens is 316 g/mol. The van der Waals surface area contributed by atoms with E-state index in [0.29, 0.717) is 5.41 Å². The lowest BCUT2D eigenvalue weighted by Gasteiger charge is -2.40. The summed E-state index contributed by atoms with van der Waals surface area (Å²) < 4.78 is 0. The van der Waals surface area contributed by atoms with E-state index in [1.54, 1.807) is 5.56 Å². The Labute approximate surface area is 160 Å². The van der Waals surface area contributed by atoms with Gasteiger partial charge in [-0.2, -0.15) is 0 Å². The monoisotopic (exact) mass is 352 g/mol. The molecule has 0 radical (unpaired) electrons. The maximum Gasteiger partial charge on any atom is 0.0379 e. The van der Waals surface area contributed by atoms with Crippen LogP contribution in [0.1, 0.15) is 57.5 Å². The molecule has 0 amide bonds. The highest BCUT2D eigenvalue weighted by atomic mass is 15.1. The smallest absolute Gasteiger partial charge is 0.0379 e. The summed E-state index contributed by atoms with van der Waals surface area (Å²) in [6.45, 7) is 7.31. The minimum Gasteiger partial charge on any atom is -0.384 e. The zero-order chi connectivity index (χ0) is 17.6. The third kappa shape index (κ3) is 3.11. The fraction of sp³-hybridized carbons (Fsp3) is 0.667. The number of anilines is 1. The molecule has 1 N–H and O–H groups in total. The molecule has 142 valence electrons. The number of nitrogens with one attached hydrogen (secondary N) is 1. The highest BCUT2D eigenvalue weighted by Gasteiger charge is 2.41. The highest BCUT2D eigenvalue weighted by molar-refractivity contribution is 5.61. The van der Waals surface area contributed by atoms with Crippen molar-refractivity contribution >= 4 is 5.69 Å². The Morgan fingerprint density at radius 1 is 1.19 bits per heavy atom. The maximum atomic E-state index is 3.69. The summed E-state index contributed by atoms with van der Waals surface area (Å²) in [6.07, 6.45) is 14.9. The summed E-state index contributed by atoms with van der Waals surface area (Å²) in [5.74, 6) is 2.80. The Morgan fingerprint density at radius 2 is 2.08 bits per heavy atom. The third-order valence-electron chi connectivity index (χ3n) is 7.83. The lowest BCUT2D eigenvalue weighted by molar-refractivity contribution is 0.140. The van der Waals surface area contributed by atoms with Gasteiger partial charge in [-0.15, -0.1) is 0 Å². The fourth-order valence-corrected chi connectivity index (χ4v) is 6.25. The van der Waals surface area contributed by atoms with Crippen molar-refractivity contribution in [2.75, 3.05) is 31.5 Å². The number of likely N-dealkylation sites (tertiary alicyclic amines) is 1. The molecule has 2 bridgehead atoms. The van der Waals surface area contributed by atoms with Crippen LogP contribution < -0.4 is 5.32 Å². The van der Waals surface area contributed by atoms with Gasteiger partial charge in [-0.3, -0.25) is 0 Å². The minimum atomic E-state index is 0. The fourth-order valence-electron chi connectivity index (χ4n) is 6.25. The van der Waals surface area contributed by atoms with Crippen LogP contribution in [0.15, 0.2) is 30.4 Å². The van der Waals surface area contributed by atoms with Gasteiger partial charge in [0.1, 0.15) is 0 Å². The molecule has 3 unspecified atom stereocenters. The lowest BCUT2D eigenvalue weighted by Crippen LogP contribution is -2.45. The second-order valence-electron chi connectivity index (χ2n) is 9.69. The second kappa shape index (κ2) is 6.71. The Balaban J connectivity index is 0.00000180. The van der Waals surface area contributed by atoms with E-state index < -0.39 is 0 Å². The van der Waals surface area contributed by atoms with Gasteiger partial charge in [0, 0.05) is 25.6 Å². The van der Waals surface area contributed by atoms with Gasteiger partial charge in [0.15, 0.2) is 0 Å². The van der Waals surface area contributed by atoms with Crippen LogP contribution in [0.3, 0.4) is 0 Å². The molecule has 1 aromatic rings. The van der Waals surface area contributed by atoms with Crippen molar-refractivity contribution < 1.29 is 1.43 Å². The number of hydrogen-bond acceptors (Lipinski definition) is 2. The number of hydrogen-bond donors (Lipinski definition) is 1. The first-order chi connectivity index (χ1) is 12.7. The summed E-state index contributed by atoms with van der Waals surface area (Å²) in [4.78, 5) is 2.79. The number of benzene rings is 1. The summed E-state index contributed by atoms with van der Waals surface area (Å²) in [6, 6.07) is 6.99. The second-order valence-corrected chi connectivity index (χ2v) is 9.69. The standard InChI is InChI=1S/C24H34N2.H2/c1-18-5-8-23-22(13-18)24(17-25-23)9-11-26(12-10-24)16-21-7-6-19-3-2-4-20(14-19)15-21;/h2,4-5,8,13,19-21,25H,3,6-7,9-12,14-17H2,1H3;1H. The van der Waals surface area contributed by atoms with Crippen molar-refractivity contribution in [1.82, 2.24) is 4.90 Å². The van der Waals surface area contributed by atoms with E-state index in [2.05, 4.69) is 47.5 Å². The van der Waals surface area contributed by atoms with Gasteiger partial charge in [0.25, 0.3) is 0 Å². The Kier molecular flexibility index (Phi) is 4.35. The lowest BCUT2D eigenvalue weighted by atomic mass is 9.74. The highest BCUT2D eigenvalue weighted by Crippen LogP contribution is 2.45. The van der Waals surface area contributed by atoms with E-state index in [4.69, 9.17) is 0 Å². The van der Waals surface area contributed by atoms with Crippen molar-refractivity contribution in [3.8, 4) is 0 Å². The quantitative estimate of drug-likeness (QED) is 0.719. The topological polar surface area (TPSA) is 15.3 Å². The van der Waals surface area contributed by atoms with Crippen molar-refractivity contribution in [1.29, 1.82) is 0 Å². The van der Waals surface area contributed by atoms with E-state index in [9.17, 15) is 0 Å². The van der Waals surface area contributed by atoms with Crippen LogP contribution in [0.5, 0.6) is 0 Å². The van der Waals surface area contributed by atoms with Gasteiger partial charge in [-0.05, 0) is 94.3 Å². The van der Waals surface area contributed by atoms with Crippen molar-refractivity contribution in [3.63, 3.8) is 0 Å². The number of nitrogens with zero attached hydrogens (tertiary/aromatic N) is 1.